The average Bonchev–Trinajstić information content (AvgIpc) is 2.52. The second-order valence-corrected chi connectivity index (χ2v) is 4.41. The number of nitrogens with one attached hydrogen (secondary N) is 1. The topological polar surface area (TPSA) is 50.4 Å². The van der Waals surface area contributed by atoms with Crippen LogP contribution in [0.2, 0.25) is 0 Å². The van der Waals surface area contributed by atoms with E-state index in [0.29, 0.717) is 0 Å². The SMILES string of the molecule is Cc1csc(C2N=C(N)NC=C2F)c1C. The van der Waals surface area contributed by atoms with Gasteiger partial charge >= 0.3 is 0 Å². The standard InChI is InChI=1S/C10H12FN3S/c1-5-4-15-9(6(5)2)8-7(11)3-13-10(12)14-8/h3-4,8H,1-2H3,(H3,12,13,14). The van der Waals surface area contributed by atoms with E-state index in [4.69, 9.17) is 5.73 Å². The van der Waals surface area contributed by atoms with Crippen molar-refractivity contribution in [2.24, 2.45) is 10.7 Å². The zero-order valence-electron chi connectivity index (χ0n) is 8.54. The van der Waals surface area contributed by atoms with Crippen molar-refractivity contribution in [1.82, 2.24) is 5.32 Å². The molecule has 15 heavy (non-hydrogen) atoms. The Hall–Kier alpha value is -1.36. The zero-order valence-corrected chi connectivity index (χ0v) is 9.36. The molecule has 0 bridgehead atoms. The molecule has 80 valence electrons. The van der Waals surface area contributed by atoms with Gasteiger partial charge in [-0.05, 0) is 30.4 Å². The Labute approximate surface area is 91.5 Å². The molecule has 0 saturated carbocycles. The predicted molar refractivity (Wildman–Crippen MR) is 60.5 cm³/mol. The third-order valence-electron chi connectivity index (χ3n) is 2.46. The second kappa shape index (κ2) is 3.66. The normalized spacial score (nSPS) is 20.6. The molecule has 0 fully saturated rings. The summed E-state index contributed by atoms with van der Waals surface area (Å²) in [6.07, 6.45) is 1.27. The smallest absolute Gasteiger partial charge is 0.193 e. The van der Waals surface area contributed by atoms with Crippen LogP contribution in [-0.4, -0.2) is 5.96 Å². The summed E-state index contributed by atoms with van der Waals surface area (Å²) in [4.78, 5) is 4.98. The van der Waals surface area contributed by atoms with E-state index in [1.54, 1.807) is 0 Å². The summed E-state index contributed by atoms with van der Waals surface area (Å²) in [7, 11) is 0. The third-order valence-corrected chi connectivity index (χ3v) is 3.71. The summed E-state index contributed by atoms with van der Waals surface area (Å²) >= 11 is 1.52. The molecule has 0 aromatic carbocycles. The monoisotopic (exact) mass is 225 g/mol. The molecule has 1 atom stereocenters. The van der Waals surface area contributed by atoms with Gasteiger partial charge < -0.3 is 11.1 Å². The van der Waals surface area contributed by atoms with Crippen molar-refractivity contribution >= 4 is 17.3 Å². The molecule has 0 spiro atoms. The Morgan fingerprint density at radius 1 is 1.53 bits per heavy atom. The maximum atomic E-state index is 13.5. The highest BCUT2D eigenvalue weighted by Crippen LogP contribution is 2.35. The Bertz CT molecular complexity index is 448. The summed E-state index contributed by atoms with van der Waals surface area (Å²) in [5.74, 6) is -0.0407. The van der Waals surface area contributed by atoms with Crippen LogP contribution in [0.3, 0.4) is 0 Å². The molecule has 0 aliphatic carbocycles. The number of nitrogens with two attached hydrogens (primary N) is 1. The summed E-state index contributed by atoms with van der Waals surface area (Å²) in [6, 6.07) is -0.565. The van der Waals surface area contributed by atoms with Gasteiger partial charge in [0.15, 0.2) is 5.96 Å². The van der Waals surface area contributed by atoms with Crippen molar-refractivity contribution in [2.45, 2.75) is 19.9 Å². The van der Waals surface area contributed by atoms with Crippen LogP contribution >= 0.6 is 11.3 Å². The first-order valence-electron chi connectivity index (χ1n) is 4.59. The van der Waals surface area contributed by atoms with Crippen LogP contribution in [-0.2, 0) is 0 Å². The Balaban J connectivity index is 2.42. The Kier molecular flexibility index (Phi) is 2.48. The van der Waals surface area contributed by atoms with Gasteiger partial charge in [0.05, 0.1) is 0 Å². The van der Waals surface area contributed by atoms with Crippen LogP contribution in [0.1, 0.15) is 22.0 Å². The molecule has 0 amide bonds. The van der Waals surface area contributed by atoms with Crippen molar-refractivity contribution < 1.29 is 4.39 Å². The summed E-state index contributed by atoms with van der Waals surface area (Å²) < 4.78 is 13.5. The lowest BCUT2D eigenvalue weighted by molar-refractivity contribution is 0.542. The number of thiophene rings is 1. The van der Waals surface area contributed by atoms with E-state index < -0.39 is 6.04 Å². The van der Waals surface area contributed by atoms with Crippen LogP contribution in [0.4, 0.5) is 4.39 Å². The number of aliphatic imine (C=N–C) groups is 1. The largest absolute Gasteiger partial charge is 0.370 e. The fourth-order valence-corrected chi connectivity index (χ4v) is 2.55. The second-order valence-electron chi connectivity index (χ2n) is 3.50. The number of halogens is 1. The van der Waals surface area contributed by atoms with Gasteiger partial charge in [-0.25, -0.2) is 9.38 Å². The van der Waals surface area contributed by atoms with Crippen LogP contribution in [0.5, 0.6) is 0 Å². The van der Waals surface area contributed by atoms with Gasteiger partial charge in [-0.15, -0.1) is 11.3 Å². The number of rotatable bonds is 1. The third kappa shape index (κ3) is 1.74. The minimum Gasteiger partial charge on any atom is -0.370 e. The van der Waals surface area contributed by atoms with Crippen LogP contribution in [0, 0.1) is 13.8 Å². The first-order chi connectivity index (χ1) is 7.09. The highest BCUT2D eigenvalue weighted by atomic mass is 32.1. The number of guanidine groups is 1. The van der Waals surface area contributed by atoms with Crippen LogP contribution in [0.15, 0.2) is 22.4 Å². The molecule has 1 aromatic heterocycles. The van der Waals surface area contributed by atoms with Gasteiger partial charge in [0, 0.05) is 11.1 Å². The molecule has 1 unspecified atom stereocenters. The highest BCUT2D eigenvalue weighted by Gasteiger charge is 2.23. The summed E-state index contributed by atoms with van der Waals surface area (Å²) in [5, 5.41) is 4.56. The zero-order chi connectivity index (χ0) is 11.0. The van der Waals surface area contributed by atoms with E-state index in [0.717, 1.165) is 16.0 Å². The lowest BCUT2D eigenvalue weighted by atomic mass is 10.1. The van der Waals surface area contributed by atoms with Gasteiger partial charge in [0.25, 0.3) is 0 Å². The fraction of sp³-hybridized carbons (Fsp3) is 0.300. The molecule has 1 aliphatic rings. The molecule has 2 rings (SSSR count). The van der Waals surface area contributed by atoms with Gasteiger partial charge in [-0.2, -0.15) is 0 Å². The predicted octanol–water partition coefficient (Wildman–Crippen LogP) is 2.13. The molecule has 3 nitrogen and oxygen atoms in total. The van der Waals surface area contributed by atoms with Crippen molar-refractivity contribution in [3.8, 4) is 0 Å². The van der Waals surface area contributed by atoms with Crippen molar-refractivity contribution in [2.75, 3.05) is 0 Å². The van der Waals surface area contributed by atoms with E-state index in [1.807, 2.05) is 19.2 Å². The van der Waals surface area contributed by atoms with Gasteiger partial charge in [-0.1, -0.05) is 0 Å². The number of aryl methyl sites for hydroxylation is 1. The van der Waals surface area contributed by atoms with Gasteiger partial charge in [0.2, 0.25) is 0 Å². The fourth-order valence-electron chi connectivity index (χ4n) is 1.44. The summed E-state index contributed by atoms with van der Waals surface area (Å²) in [6.45, 7) is 3.98. The van der Waals surface area contributed by atoms with E-state index in [-0.39, 0.29) is 11.8 Å². The lowest BCUT2D eigenvalue weighted by Crippen LogP contribution is -2.31. The van der Waals surface area contributed by atoms with Crippen LogP contribution < -0.4 is 11.1 Å². The molecule has 0 saturated heterocycles. The first-order valence-corrected chi connectivity index (χ1v) is 5.47. The molecule has 5 heteroatoms. The molecule has 0 radical (unpaired) electrons. The van der Waals surface area contributed by atoms with Gasteiger partial charge in [-0.3, -0.25) is 0 Å². The molecular formula is C10H12FN3S. The van der Waals surface area contributed by atoms with Crippen molar-refractivity contribution in [3.63, 3.8) is 0 Å². The Morgan fingerprint density at radius 2 is 2.27 bits per heavy atom. The van der Waals surface area contributed by atoms with E-state index in [9.17, 15) is 4.39 Å². The van der Waals surface area contributed by atoms with E-state index in [1.165, 1.54) is 17.5 Å². The van der Waals surface area contributed by atoms with Crippen LogP contribution in [0.25, 0.3) is 0 Å². The molecule has 1 aromatic rings. The van der Waals surface area contributed by atoms with Gasteiger partial charge in [0.1, 0.15) is 11.9 Å². The van der Waals surface area contributed by atoms with E-state index in [2.05, 4.69) is 10.3 Å². The lowest BCUT2D eigenvalue weighted by Gasteiger charge is -2.16. The number of hydrogen-bond acceptors (Lipinski definition) is 4. The minimum absolute atomic E-state index is 0.256. The maximum absolute atomic E-state index is 13.5. The minimum atomic E-state index is -0.565. The molecule has 3 N–H and O–H groups in total. The van der Waals surface area contributed by atoms with Crippen molar-refractivity contribution in [3.05, 3.63) is 33.4 Å². The van der Waals surface area contributed by atoms with E-state index >= 15 is 0 Å². The highest BCUT2D eigenvalue weighted by molar-refractivity contribution is 7.10. The number of nitrogens with zero attached hydrogens (tertiary/aromatic N) is 1. The summed E-state index contributed by atoms with van der Waals surface area (Å²) in [5.41, 5.74) is 7.77. The maximum Gasteiger partial charge on any atom is 0.193 e. The molecule has 2 heterocycles. The molecular weight excluding hydrogens is 213 g/mol. The van der Waals surface area contributed by atoms with Crippen molar-refractivity contribution in [1.29, 1.82) is 0 Å². The molecule has 1 aliphatic heterocycles. The quantitative estimate of drug-likeness (QED) is 0.769. The number of hydrogen-bond donors (Lipinski definition) is 2. The Morgan fingerprint density at radius 3 is 2.87 bits per heavy atom. The first kappa shape index (κ1) is 10.2. The average molecular weight is 225 g/mol.